The van der Waals surface area contributed by atoms with E-state index in [4.69, 9.17) is 0 Å². The molecule has 1 aromatic rings. The fourth-order valence-electron chi connectivity index (χ4n) is 2.42. The molecule has 0 heterocycles. The van der Waals surface area contributed by atoms with Crippen molar-refractivity contribution in [1.82, 2.24) is 5.32 Å². The highest BCUT2D eigenvalue weighted by Gasteiger charge is 2.19. The highest BCUT2D eigenvalue weighted by molar-refractivity contribution is 5.47. The Hall–Kier alpha value is -1.02. The van der Waals surface area contributed by atoms with Gasteiger partial charge < -0.3 is 10.2 Å². The molecule has 0 aliphatic heterocycles. The third-order valence-electron chi connectivity index (χ3n) is 3.87. The van der Waals surface area contributed by atoms with Crippen LogP contribution in [0.15, 0.2) is 24.3 Å². The maximum atomic E-state index is 3.58. The fourth-order valence-corrected chi connectivity index (χ4v) is 2.42. The van der Waals surface area contributed by atoms with Gasteiger partial charge in [0, 0.05) is 25.3 Å². The Morgan fingerprint density at radius 1 is 1.16 bits per heavy atom. The minimum absolute atomic E-state index is 0.868. The van der Waals surface area contributed by atoms with Gasteiger partial charge in [0.15, 0.2) is 0 Å². The van der Waals surface area contributed by atoms with Crippen molar-refractivity contribution in [2.24, 2.45) is 0 Å². The molecule has 0 spiro atoms. The molecule has 1 aliphatic carbocycles. The van der Waals surface area contributed by atoms with Crippen LogP contribution in [-0.2, 0) is 0 Å². The van der Waals surface area contributed by atoms with E-state index in [-0.39, 0.29) is 0 Å². The summed E-state index contributed by atoms with van der Waals surface area (Å²) < 4.78 is 0. The number of hydrogen-bond donors (Lipinski definition) is 1. The van der Waals surface area contributed by atoms with Crippen LogP contribution >= 0.6 is 0 Å². The summed E-state index contributed by atoms with van der Waals surface area (Å²) in [6, 6.07) is 9.63. The molecule has 0 atom stereocenters. The monoisotopic (exact) mass is 260 g/mol. The van der Waals surface area contributed by atoms with E-state index >= 15 is 0 Å². The van der Waals surface area contributed by atoms with Crippen LogP contribution < -0.4 is 10.2 Å². The lowest BCUT2D eigenvalue weighted by molar-refractivity contribution is 0.585. The summed E-state index contributed by atoms with van der Waals surface area (Å²) in [5.74, 6) is 0. The Labute approximate surface area is 118 Å². The summed E-state index contributed by atoms with van der Waals surface area (Å²) in [4.78, 5) is 2.37. The Morgan fingerprint density at radius 2 is 1.95 bits per heavy atom. The summed E-state index contributed by atoms with van der Waals surface area (Å²) in [5, 5.41) is 3.58. The van der Waals surface area contributed by atoms with E-state index in [1.165, 1.54) is 62.9 Å². The molecule has 0 aromatic heterocycles. The largest absolute Gasteiger partial charge is 0.375 e. The molecule has 0 bridgehead atoms. The minimum atomic E-state index is 0.868. The molecule has 2 rings (SSSR count). The SMILES string of the molecule is Cc1cccc(N(C)CCCCCCNC2CC2)c1. The Bertz CT molecular complexity index is 371. The molecule has 2 nitrogen and oxygen atoms in total. The zero-order valence-electron chi connectivity index (χ0n) is 12.5. The number of hydrogen-bond acceptors (Lipinski definition) is 2. The van der Waals surface area contributed by atoms with Crippen LogP contribution in [0.2, 0.25) is 0 Å². The van der Waals surface area contributed by atoms with Gasteiger partial charge in [-0.3, -0.25) is 0 Å². The van der Waals surface area contributed by atoms with Crippen molar-refractivity contribution in [3.8, 4) is 0 Å². The van der Waals surface area contributed by atoms with Crippen LogP contribution in [-0.4, -0.2) is 26.2 Å². The van der Waals surface area contributed by atoms with Gasteiger partial charge in [-0.2, -0.15) is 0 Å². The van der Waals surface area contributed by atoms with Crippen LogP contribution in [0.25, 0.3) is 0 Å². The molecule has 1 fully saturated rings. The van der Waals surface area contributed by atoms with Crippen LogP contribution in [0.3, 0.4) is 0 Å². The highest BCUT2D eigenvalue weighted by atomic mass is 15.1. The third kappa shape index (κ3) is 5.65. The Morgan fingerprint density at radius 3 is 2.68 bits per heavy atom. The molecule has 0 amide bonds. The maximum Gasteiger partial charge on any atom is 0.0366 e. The van der Waals surface area contributed by atoms with Crippen LogP contribution in [0.1, 0.15) is 44.1 Å². The summed E-state index contributed by atoms with van der Waals surface area (Å²) in [5.41, 5.74) is 2.69. The normalized spacial score (nSPS) is 14.6. The summed E-state index contributed by atoms with van der Waals surface area (Å²) >= 11 is 0. The van der Waals surface area contributed by atoms with Gasteiger partial charge in [0.05, 0.1) is 0 Å². The second kappa shape index (κ2) is 7.54. The lowest BCUT2D eigenvalue weighted by atomic mass is 10.1. The zero-order chi connectivity index (χ0) is 13.5. The smallest absolute Gasteiger partial charge is 0.0366 e. The summed E-state index contributed by atoms with van der Waals surface area (Å²) in [6.45, 7) is 4.54. The van der Waals surface area contributed by atoms with Gasteiger partial charge in [-0.25, -0.2) is 0 Å². The molecule has 106 valence electrons. The van der Waals surface area contributed by atoms with Crippen LogP contribution in [0, 0.1) is 6.92 Å². The minimum Gasteiger partial charge on any atom is -0.375 e. The standard InChI is InChI=1S/C17H28N2/c1-15-8-7-9-17(14-15)19(2)13-6-4-3-5-12-18-16-10-11-16/h7-9,14,16,18H,3-6,10-13H2,1-2H3. The molecular formula is C17H28N2. The Balaban J connectivity index is 1.52. The molecule has 1 saturated carbocycles. The third-order valence-corrected chi connectivity index (χ3v) is 3.87. The van der Waals surface area contributed by atoms with Gasteiger partial charge in [-0.05, 0) is 56.8 Å². The zero-order valence-corrected chi connectivity index (χ0v) is 12.5. The van der Waals surface area contributed by atoms with E-state index in [2.05, 4.69) is 48.5 Å². The number of unbranched alkanes of at least 4 members (excludes halogenated alkanes) is 3. The van der Waals surface area contributed by atoms with Gasteiger partial charge in [0.1, 0.15) is 0 Å². The van der Waals surface area contributed by atoms with Gasteiger partial charge in [-0.1, -0.05) is 25.0 Å². The second-order valence-corrected chi connectivity index (χ2v) is 5.90. The lowest BCUT2D eigenvalue weighted by Crippen LogP contribution is -2.19. The van der Waals surface area contributed by atoms with Crippen molar-refractivity contribution in [2.75, 3.05) is 25.0 Å². The fraction of sp³-hybridized carbons (Fsp3) is 0.647. The van der Waals surface area contributed by atoms with Crippen molar-refractivity contribution in [2.45, 2.75) is 51.5 Å². The number of rotatable bonds is 9. The molecule has 0 saturated heterocycles. The average molecular weight is 260 g/mol. The summed E-state index contributed by atoms with van der Waals surface area (Å²) in [7, 11) is 2.20. The number of nitrogens with one attached hydrogen (secondary N) is 1. The molecule has 1 aliphatic rings. The molecule has 2 heteroatoms. The molecule has 1 N–H and O–H groups in total. The first-order valence-corrected chi connectivity index (χ1v) is 7.77. The van der Waals surface area contributed by atoms with E-state index in [1.54, 1.807) is 0 Å². The van der Waals surface area contributed by atoms with E-state index in [1.807, 2.05) is 0 Å². The quantitative estimate of drug-likeness (QED) is 0.680. The van der Waals surface area contributed by atoms with Crippen LogP contribution in [0.5, 0.6) is 0 Å². The number of benzene rings is 1. The van der Waals surface area contributed by atoms with Crippen LogP contribution in [0.4, 0.5) is 5.69 Å². The molecule has 0 radical (unpaired) electrons. The molecule has 1 aromatic carbocycles. The second-order valence-electron chi connectivity index (χ2n) is 5.90. The first-order chi connectivity index (χ1) is 9.25. The first-order valence-electron chi connectivity index (χ1n) is 7.77. The average Bonchev–Trinajstić information content (AvgIpc) is 3.21. The lowest BCUT2D eigenvalue weighted by Gasteiger charge is -2.19. The van der Waals surface area contributed by atoms with Gasteiger partial charge in [0.25, 0.3) is 0 Å². The molecular weight excluding hydrogens is 232 g/mol. The number of anilines is 1. The van der Waals surface area contributed by atoms with Crippen molar-refractivity contribution in [1.29, 1.82) is 0 Å². The number of nitrogens with zero attached hydrogens (tertiary/aromatic N) is 1. The predicted octanol–water partition coefficient (Wildman–Crippen LogP) is 3.74. The number of aryl methyl sites for hydroxylation is 1. The summed E-state index contributed by atoms with van der Waals surface area (Å²) in [6.07, 6.45) is 8.16. The van der Waals surface area contributed by atoms with E-state index < -0.39 is 0 Å². The van der Waals surface area contributed by atoms with E-state index in [0.717, 1.165) is 6.04 Å². The van der Waals surface area contributed by atoms with E-state index in [9.17, 15) is 0 Å². The topological polar surface area (TPSA) is 15.3 Å². The molecule has 0 unspecified atom stereocenters. The van der Waals surface area contributed by atoms with Gasteiger partial charge in [0.2, 0.25) is 0 Å². The van der Waals surface area contributed by atoms with Gasteiger partial charge in [-0.15, -0.1) is 0 Å². The van der Waals surface area contributed by atoms with Crippen molar-refractivity contribution >= 4 is 5.69 Å². The predicted molar refractivity (Wildman–Crippen MR) is 83.9 cm³/mol. The maximum absolute atomic E-state index is 3.58. The highest BCUT2D eigenvalue weighted by Crippen LogP contribution is 2.18. The van der Waals surface area contributed by atoms with Crippen molar-refractivity contribution in [3.05, 3.63) is 29.8 Å². The van der Waals surface area contributed by atoms with E-state index in [0.29, 0.717) is 0 Å². The van der Waals surface area contributed by atoms with Gasteiger partial charge >= 0.3 is 0 Å². The van der Waals surface area contributed by atoms with Crippen molar-refractivity contribution in [3.63, 3.8) is 0 Å². The Kier molecular flexibility index (Phi) is 5.71. The van der Waals surface area contributed by atoms with Crippen molar-refractivity contribution < 1.29 is 0 Å². The molecule has 19 heavy (non-hydrogen) atoms. The first kappa shape index (κ1) is 14.4.